The summed E-state index contributed by atoms with van der Waals surface area (Å²) in [6, 6.07) is 13.2. The zero-order valence-corrected chi connectivity index (χ0v) is 28.6. The molecule has 0 aliphatic carbocycles. The number of halogens is 2. The third-order valence-corrected chi connectivity index (χ3v) is 10.5. The van der Waals surface area contributed by atoms with E-state index in [-0.39, 0.29) is 36.4 Å². The molecule has 2 amide bonds. The van der Waals surface area contributed by atoms with Gasteiger partial charge in [0.2, 0.25) is 5.91 Å². The summed E-state index contributed by atoms with van der Waals surface area (Å²) >= 11 is 0. The van der Waals surface area contributed by atoms with Gasteiger partial charge in [0.1, 0.15) is 23.4 Å². The molecule has 48 heavy (non-hydrogen) atoms. The Kier molecular flexibility index (Phi) is 14.5. The Bertz CT molecular complexity index is 1610. The fourth-order valence-electron chi connectivity index (χ4n) is 5.70. The lowest BCUT2D eigenvalue weighted by Gasteiger charge is -2.32. The minimum atomic E-state index is -3.91. The monoisotopic (exact) mass is 687 g/mol. The van der Waals surface area contributed by atoms with Gasteiger partial charge in [-0.1, -0.05) is 63.9 Å². The van der Waals surface area contributed by atoms with Crippen LogP contribution in [0.25, 0.3) is 0 Å². The van der Waals surface area contributed by atoms with Crippen molar-refractivity contribution in [3.8, 4) is 5.75 Å². The molecule has 0 saturated carbocycles. The molecule has 0 aromatic heterocycles. The first-order valence-electron chi connectivity index (χ1n) is 16.3. The number of phenolic OH excluding ortho intramolecular Hbond substituents is 1. The molecule has 3 rings (SSSR count). The standard InChI is InChI=1S/C36H47F2N3O6S/c1-4-9-31(10-5-2)48(46,47)23-33(40-35(44)27-13-8-14-30(42)19-27)36(45)41(21-25-12-7-11-24(6-3)15-25)22-34(43)32(39)18-26-16-28(37)20-29(38)17-26/h7-8,11-17,19-20,31-34,42-43H,4-6,9-10,18,21-23,39H2,1-3H3,(H,40,44)/t32-,33+,34+/m0/s1. The molecule has 0 bridgehead atoms. The largest absolute Gasteiger partial charge is 0.508 e. The van der Waals surface area contributed by atoms with Gasteiger partial charge in [0, 0.05) is 30.8 Å². The van der Waals surface area contributed by atoms with Gasteiger partial charge in [0.25, 0.3) is 5.91 Å². The van der Waals surface area contributed by atoms with Crippen molar-refractivity contribution in [3.05, 3.63) is 101 Å². The van der Waals surface area contributed by atoms with Crippen LogP contribution in [-0.2, 0) is 34.0 Å². The molecule has 3 aromatic rings. The van der Waals surface area contributed by atoms with Gasteiger partial charge < -0.3 is 26.2 Å². The van der Waals surface area contributed by atoms with Gasteiger partial charge in [-0.05, 0) is 72.7 Å². The van der Waals surface area contributed by atoms with E-state index in [2.05, 4.69) is 5.32 Å². The van der Waals surface area contributed by atoms with E-state index in [1.165, 1.54) is 29.2 Å². The SMILES string of the molecule is CCCC(CCC)S(=O)(=O)C[C@@H](NC(=O)c1cccc(O)c1)C(=O)N(Cc1cccc(CC)c1)C[C@@H](O)[C@@H](N)Cc1cc(F)cc(F)c1. The second kappa shape index (κ2) is 18.0. The van der Waals surface area contributed by atoms with Crippen LogP contribution in [0.2, 0.25) is 0 Å². The van der Waals surface area contributed by atoms with Crippen LogP contribution >= 0.6 is 0 Å². The fourth-order valence-corrected chi connectivity index (χ4v) is 7.85. The van der Waals surface area contributed by atoms with E-state index in [0.717, 1.165) is 30.2 Å². The lowest BCUT2D eigenvalue weighted by atomic mass is 10.0. The molecule has 9 nitrogen and oxygen atoms in total. The molecular formula is C36H47F2N3O6S. The number of rotatable bonds is 18. The average Bonchev–Trinajstić information content (AvgIpc) is 3.03. The number of amides is 2. The quantitative estimate of drug-likeness (QED) is 0.152. The van der Waals surface area contributed by atoms with Crippen molar-refractivity contribution < 1.29 is 37.0 Å². The summed E-state index contributed by atoms with van der Waals surface area (Å²) in [7, 11) is -3.91. The maximum atomic E-state index is 14.4. The Labute approximate surface area is 282 Å². The summed E-state index contributed by atoms with van der Waals surface area (Å²) in [6.07, 6.45) is 1.22. The second-order valence-electron chi connectivity index (χ2n) is 12.2. The minimum absolute atomic E-state index is 0.0236. The molecule has 0 radical (unpaired) electrons. The summed E-state index contributed by atoms with van der Waals surface area (Å²) in [5.41, 5.74) is 8.20. The van der Waals surface area contributed by atoms with Gasteiger partial charge >= 0.3 is 0 Å². The number of nitrogens with one attached hydrogen (secondary N) is 1. The summed E-state index contributed by atoms with van der Waals surface area (Å²) in [5.74, 6) is -3.98. The summed E-state index contributed by atoms with van der Waals surface area (Å²) < 4.78 is 55.2. The van der Waals surface area contributed by atoms with Crippen molar-refractivity contribution in [1.29, 1.82) is 0 Å². The maximum absolute atomic E-state index is 14.4. The van der Waals surface area contributed by atoms with Crippen LogP contribution in [0.4, 0.5) is 8.78 Å². The highest BCUT2D eigenvalue weighted by atomic mass is 32.2. The molecule has 0 aliphatic heterocycles. The highest BCUT2D eigenvalue weighted by Crippen LogP contribution is 2.20. The number of aliphatic hydroxyl groups excluding tert-OH is 1. The number of carbonyl (C=O) groups is 2. The first-order valence-corrected chi connectivity index (χ1v) is 18.0. The Hall–Kier alpha value is -3.87. The molecule has 3 atom stereocenters. The molecule has 0 spiro atoms. The van der Waals surface area contributed by atoms with E-state index in [4.69, 9.17) is 5.73 Å². The molecular weight excluding hydrogens is 640 g/mol. The summed E-state index contributed by atoms with van der Waals surface area (Å²) in [5, 5.41) is 23.0. The molecule has 0 heterocycles. The van der Waals surface area contributed by atoms with E-state index in [1.54, 1.807) is 6.07 Å². The summed E-state index contributed by atoms with van der Waals surface area (Å²) in [6.45, 7) is 5.32. The number of hydrogen-bond acceptors (Lipinski definition) is 7. The van der Waals surface area contributed by atoms with Crippen LogP contribution in [0.1, 0.15) is 73.5 Å². The van der Waals surface area contributed by atoms with Gasteiger partial charge in [-0.15, -0.1) is 0 Å². The number of aliphatic hydroxyl groups is 1. The number of aromatic hydroxyl groups is 1. The predicted molar refractivity (Wildman–Crippen MR) is 182 cm³/mol. The van der Waals surface area contributed by atoms with Gasteiger partial charge in [0.15, 0.2) is 9.84 Å². The minimum Gasteiger partial charge on any atom is -0.508 e. The zero-order valence-electron chi connectivity index (χ0n) is 27.7. The van der Waals surface area contributed by atoms with Crippen LogP contribution < -0.4 is 11.1 Å². The van der Waals surface area contributed by atoms with Gasteiger partial charge in [0.05, 0.1) is 17.1 Å². The van der Waals surface area contributed by atoms with Crippen molar-refractivity contribution >= 4 is 21.7 Å². The number of phenols is 1. The van der Waals surface area contributed by atoms with Crippen molar-refractivity contribution in [2.75, 3.05) is 12.3 Å². The Morgan fingerprint density at radius 3 is 2.12 bits per heavy atom. The number of carbonyl (C=O) groups excluding carboxylic acids is 2. The van der Waals surface area contributed by atoms with Crippen LogP contribution in [0.5, 0.6) is 5.75 Å². The Morgan fingerprint density at radius 2 is 1.52 bits per heavy atom. The van der Waals surface area contributed by atoms with Crippen LogP contribution in [0, 0.1) is 11.6 Å². The molecule has 12 heteroatoms. The van der Waals surface area contributed by atoms with Crippen LogP contribution in [-0.4, -0.2) is 71.1 Å². The molecule has 5 N–H and O–H groups in total. The lowest BCUT2D eigenvalue weighted by Crippen LogP contribution is -2.55. The number of aryl methyl sites for hydroxylation is 1. The van der Waals surface area contributed by atoms with Crippen molar-refractivity contribution in [2.24, 2.45) is 5.73 Å². The van der Waals surface area contributed by atoms with E-state index in [1.807, 2.05) is 39.0 Å². The molecule has 0 saturated heterocycles. The molecule has 262 valence electrons. The van der Waals surface area contributed by atoms with Crippen LogP contribution in [0.15, 0.2) is 66.7 Å². The average molecular weight is 688 g/mol. The number of nitrogens with two attached hydrogens (primary N) is 1. The number of nitrogens with zero attached hydrogens (tertiary/aromatic N) is 1. The smallest absolute Gasteiger partial charge is 0.252 e. The Balaban J connectivity index is 2.00. The maximum Gasteiger partial charge on any atom is 0.252 e. The van der Waals surface area contributed by atoms with Gasteiger partial charge in [-0.3, -0.25) is 9.59 Å². The first kappa shape index (κ1) is 38.6. The number of sulfone groups is 1. The van der Waals surface area contributed by atoms with E-state index in [0.29, 0.717) is 31.2 Å². The van der Waals surface area contributed by atoms with Gasteiger partial charge in [-0.2, -0.15) is 0 Å². The Morgan fingerprint density at radius 1 is 0.896 bits per heavy atom. The van der Waals surface area contributed by atoms with Gasteiger partial charge in [-0.25, -0.2) is 17.2 Å². The zero-order chi connectivity index (χ0) is 35.4. The third kappa shape index (κ3) is 11.4. The van der Waals surface area contributed by atoms with Crippen molar-refractivity contribution in [2.45, 2.75) is 89.3 Å². The van der Waals surface area contributed by atoms with E-state index in [9.17, 15) is 37.0 Å². The normalized spacial score (nSPS) is 13.6. The molecule has 0 unspecified atom stereocenters. The van der Waals surface area contributed by atoms with Crippen molar-refractivity contribution in [3.63, 3.8) is 0 Å². The van der Waals surface area contributed by atoms with E-state index < -0.39 is 62.5 Å². The number of hydrogen-bond donors (Lipinski definition) is 4. The second-order valence-corrected chi connectivity index (χ2v) is 14.5. The van der Waals surface area contributed by atoms with E-state index >= 15 is 0 Å². The fraction of sp³-hybridized carbons (Fsp3) is 0.444. The lowest BCUT2D eigenvalue weighted by molar-refractivity contribution is -0.135. The van der Waals surface area contributed by atoms with Crippen molar-refractivity contribution in [1.82, 2.24) is 10.2 Å². The summed E-state index contributed by atoms with van der Waals surface area (Å²) in [4.78, 5) is 29.0. The van der Waals surface area contributed by atoms with Crippen LogP contribution in [0.3, 0.4) is 0 Å². The predicted octanol–water partition coefficient (Wildman–Crippen LogP) is 4.67. The highest BCUT2D eigenvalue weighted by Gasteiger charge is 2.36. The number of benzene rings is 3. The highest BCUT2D eigenvalue weighted by molar-refractivity contribution is 7.92. The first-order chi connectivity index (χ1) is 22.8. The molecule has 0 fully saturated rings. The third-order valence-electron chi connectivity index (χ3n) is 8.22. The molecule has 0 aliphatic rings. The topological polar surface area (TPSA) is 150 Å². The molecule has 3 aromatic carbocycles.